The summed E-state index contributed by atoms with van der Waals surface area (Å²) < 4.78 is 64.0. The molecule has 0 aromatic heterocycles. The molecule has 2 aliphatic rings. The molecule has 184 valence electrons. The minimum atomic E-state index is -3.36. The highest BCUT2D eigenvalue weighted by Crippen LogP contribution is 2.41. The summed E-state index contributed by atoms with van der Waals surface area (Å²) in [6.45, 7) is 6.57. The van der Waals surface area contributed by atoms with E-state index in [4.69, 9.17) is 9.47 Å². The molecule has 2 fully saturated rings. The Morgan fingerprint density at radius 2 is 1.50 bits per heavy atom. The first-order chi connectivity index (χ1) is 15.8. The minimum Gasteiger partial charge on any atom is -0.484 e. The van der Waals surface area contributed by atoms with Crippen molar-refractivity contribution in [3.8, 4) is 16.9 Å². The summed E-state index contributed by atoms with van der Waals surface area (Å²) in [6.07, 6.45) is 1.64. The summed E-state index contributed by atoms with van der Waals surface area (Å²) in [7, 11) is -3.36. The summed E-state index contributed by atoms with van der Waals surface area (Å²) in [4.78, 5) is 14.1. The zero-order valence-electron chi connectivity index (χ0n) is 19.7. The van der Waals surface area contributed by atoms with Gasteiger partial charge in [0.15, 0.2) is 27.2 Å². The number of hydrogen-bond acceptors (Lipinski definition) is 5. The Morgan fingerprint density at radius 1 is 0.971 bits per heavy atom. The second kappa shape index (κ2) is 8.83. The molecule has 1 aliphatic carbocycles. The number of likely N-dealkylation sites (tertiary alicyclic amines) is 1. The minimum absolute atomic E-state index is 0.133. The zero-order chi connectivity index (χ0) is 24.8. The van der Waals surface area contributed by atoms with Crippen molar-refractivity contribution < 1.29 is 31.5 Å². The molecule has 2 aromatic carbocycles. The summed E-state index contributed by atoms with van der Waals surface area (Å²) in [5, 5.41) is 0. The lowest BCUT2D eigenvalue weighted by atomic mass is 10.0. The quantitative estimate of drug-likeness (QED) is 0.595. The van der Waals surface area contributed by atoms with Crippen LogP contribution < -0.4 is 4.74 Å². The van der Waals surface area contributed by atoms with E-state index in [2.05, 4.69) is 0 Å². The van der Waals surface area contributed by atoms with Gasteiger partial charge in [-0.05, 0) is 80.8 Å². The fourth-order valence-electron chi connectivity index (χ4n) is 4.72. The highest BCUT2D eigenvalue weighted by atomic mass is 32.2. The Bertz CT molecular complexity index is 1150. The van der Waals surface area contributed by atoms with Gasteiger partial charge in [0.25, 0.3) is 0 Å². The van der Waals surface area contributed by atoms with Crippen LogP contribution in [-0.2, 0) is 14.6 Å². The molecule has 34 heavy (non-hydrogen) atoms. The van der Waals surface area contributed by atoms with Crippen LogP contribution in [0.15, 0.2) is 41.3 Å². The van der Waals surface area contributed by atoms with E-state index in [0.717, 1.165) is 6.26 Å². The van der Waals surface area contributed by atoms with Gasteiger partial charge in [-0.25, -0.2) is 22.0 Å². The van der Waals surface area contributed by atoms with Crippen LogP contribution in [0.5, 0.6) is 5.75 Å². The van der Waals surface area contributed by atoms with Crippen LogP contribution in [0.25, 0.3) is 11.1 Å². The van der Waals surface area contributed by atoms with Gasteiger partial charge in [0.05, 0.1) is 11.0 Å². The average molecular weight is 494 g/mol. The molecular weight excluding hydrogens is 464 g/mol. The number of amides is 1. The molecule has 0 spiro atoms. The van der Waals surface area contributed by atoms with E-state index in [1.54, 1.807) is 4.90 Å². The first-order valence-electron chi connectivity index (χ1n) is 11.2. The fraction of sp³-hybridized carbons (Fsp3) is 0.480. The van der Waals surface area contributed by atoms with E-state index < -0.39 is 32.8 Å². The fourth-order valence-corrected chi connectivity index (χ4v) is 5.35. The van der Waals surface area contributed by atoms with E-state index in [9.17, 15) is 22.0 Å². The smallest absolute Gasteiger partial charge is 0.410 e. The van der Waals surface area contributed by atoms with E-state index in [-0.39, 0.29) is 28.9 Å². The molecule has 6 nitrogen and oxygen atoms in total. The number of benzene rings is 2. The Labute approximate surface area is 198 Å². The lowest BCUT2D eigenvalue weighted by Crippen LogP contribution is -2.36. The molecule has 1 aliphatic heterocycles. The molecule has 9 heteroatoms. The molecule has 1 unspecified atom stereocenters. The predicted octanol–water partition coefficient (Wildman–Crippen LogP) is 5.06. The van der Waals surface area contributed by atoms with Crippen molar-refractivity contribution >= 4 is 15.9 Å². The largest absolute Gasteiger partial charge is 0.484 e. The standard InChI is InChI=1S/C25H29F2NO5S/c1-25(2,3)33-24(29)28-13-17-9-19(10-18(17)14-28)32-23-21(26)11-16(12-22(23)27)15-5-7-20(8-6-15)34(4,30)31/h5-8,11-12,17-19H,9-10,13-14H2,1-4H3/t17-,18+,19?. The van der Waals surface area contributed by atoms with Crippen LogP contribution in [0.2, 0.25) is 0 Å². The lowest BCUT2D eigenvalue weighted by molar-refractivity contribution is 0.0271. The van der Waals surface area contributed by atoms with Crippen molar-refractivity contribution in [2.24, 2.45) is 11.8 Å². The molecule has 3 atom stereocenters. The maximum absolute atomic E-state index is 14.8. The van der Waals surface area contributed by atoms with E-state index in [0.29, 0.717) is 37.1 Å². The van der Waals surface area contributed by atoms with Gasteiger partial charge < -0.3 is 14.4 Å². The molecule has 0 radical (unpaired) electrons. The van der Waals surface area contributed by atoms with Crippen molar-refractivity contribution in [1.82, 2.24) is 4.90 Å². The summed E-state index contributed by atoms with van der Waals surface area (Å²) in [5.74, 6) is -1.62. The maximum atomic E-state index is 14.8. The molecule has 1 amide bonds. The molecule has 0 bridgehead atoms. The number of halogens is 2. The number of fused-ring (bicyclic) bond motifs is 1. The van der Waals surface area contributed by atoms with Crippen LogP contribution in [0.1, 0.15) is 33.6 Å². The highest BCUT2D eigenvalue weighted by Gasteiger charge is 2.44. The van der Waals surface area contributed by atoms with Gasteiger partial charge in [0.1, 0.15) is 5.60 Å². The van der Waals surface area contributed by atoms with Crippen molar-refractivity contribution in [3.05, 3.63) is 48.0 Å². The second-order valence-corrected chi connectivity index (χ2v) is 12.2. The van der Waals surface area contributed by atoms with E-state index >= 15 is 0 Å². The van der Waals surface area contributed by atoms with E-state index in [1.165, 1.54) is 36.4 Å². The molecule has 0 N–H and O–H groups in total. The molecule has 1 saturated carbocycles. The number of ether oxygens (including phenoxy) is 2. The summed E-state index contributed by atoms with van der Waals surface area (Å²) in [6, 6.07) is 8.21. The van der Waals surface area contributed by atoms with Gasteiger partial charge in [0, 0.05) is 19.3 Å². The predicted molar refractivity (Wildman–Crippen MR) is 123 cm³/mol. The Balaban J connectivity index is 1.41. The number of sulfone groups is 1. The number of rotatable bonds is 4. The van der Waals surface area contributed by atoms with Crippen LogP contribution in [-0.4, -0.2) is 50.5 Å². The monoisotopic (exact) mass is 493 g/mol. The Hall–Kier alpha value is -2.68. The topological polar surface area (TPSA) is 72.9 Å². The third-order valence-corrected chi connectivity index (χ3v) is 7.39. The van der Waals surface area contributed by atoms with Crippen LogP contribution >= 0.6 is 0 Å². The second-order valence-electron chi connectivity index (χ2n) is 10.2. The normalized spacial score (nSPS) is 22.5. The first-order valence-corrected chi connectivity index (χ1v) is 13.1. The van der Waals surface area contributed by atoms with Gasteiger partial charge in [0.2, 0.25) is 0 Å². The van der Waals surface area contributed by atoms with Crippen molar-refractivity contribution in [1.29, 1.82) is 0 Å². The van der Waals surface area contributed by atoms with Crippen LogP contribution in [0, 0.1) is 23.5 Å². The number of nitrogens with zero attached hydrogens (tertiary/aromatic N) is 1. The summed E-state index contributed by atoms with van der Waals surface area (Å²) in [5.41, 5.74) is 0.227. The molecule has 4 rings (SSSR count). The Kier molecular flexibility index (Phi) is 6.35. The average Bonchev–Trinajstić information content (AvgIpc) is 3.27. The lowest BCUT2D eigenvalue weighted by Gasteiger charge is -2.25. The van der Waals surface area contributed by atoms with Crippen molar-refractivity contribution in [2.75, 3.05) is 19.3 Å². The third kappa shape index (κ3) is 5.35. The Morgan fingerprint density at radius 3 is 1.97 bits per heavy atom. The molecule has 2 aromatic rings. The van der Waals surface area contributed by atoms with Gasteiger partial charge in [-0.3, -0.25) is 0 Å². The number of carbonyl (C=O) groups is 1. The molecule has 1 heterocycles. The zero-order valence-corrected chi connectivity index (χ0v) is 20.5. The molecular formula is C25H29F2NO5S. The molecule has 1 saturated heterocycles. The van der Waals surface area contributed by atoms with E-state index in [1.807, 2.05) is 20.8 Å². The SMILES string of the molecule is CC(C)(C)OC(=O)N1C[C@H]2CC(Oc3c(F)cc(-c4ccc(S(C)(=O)=O)cc4)cc3F)C[C@H]2C1. The number of carbonyl (C=O) groups excluding carboxylic acids is 1. The van der Waals surface area contributed by atoms with Gasteiger partial charge in [-0.15, -0.1) is 0 Å². The van der Waals surface area contributed by atoms with Gasteiger partial charge >= 0.3 is 6.09 Å². The van der Waals surface area contributed by atoms with Crippen LogP contribution in [0.3, 0.4) is 0 Å². The summed E-state index contributed by atoms with van der Waals surface area (Å²) >= 11 is 0. The maximum Gasteiger partial charge on any atom is 0.410 e. The number of hydrogen-bond donors (Lipinski definition) is 0. The van der Waals surface area contributed by atoms with Crippen molar-refractivity contribution in [2.45, 2.75) is 50.2 Å². The van der Waals surface area contributed by atoms with Gasteiger partial charge in [-0.2, -0.15) is 0 Å². The third-order valence-electron chi connectivity index (χ3n) is 6.26. The van der Waals surface area contributed by atoms with Gasteiger partial charge in [-0.1, -0.05) is 12.1 Å². The highest BCUT2D eigenvalue weighted by molar-refractivity contribution is 7.90. The first kappa shape index (κ1) is 24.4. The van der Waals surface area contributed by atoms with Crippen molar-refractivity contribution in [3.63, 3.8) is 0 Å². The van der Waals surface area contributed by atoms with Crippen LogP contribution in [0.4, 0.5) is 13.6 Å².